The second kappa shape index (κ2) is 11.7. The van der Waals surface area contributed by atoms with Crippen LogP contribution in [0.25, 0.3) is 10.9 Å². The number of benzene rings is 1. The molecule has 0 fully saturated rings. The maximum Gasteiger partial charge on any atom is 0.326 e. The number of carboxylic acid groups (broad SMARTS) is 2. The third kappa shape index (κ3) is 7.75. The number of hydrogen-bond acceptors (Lipinski definition) is 6. The maximum atomic E-state index is 12.6. The van der Waals surface area contributed by atoms with Gasteiger partial charge in [-0.2, -0.15) is 0 Å². The first-order valence-corrected chi connectivity index (χ1v) is 12.2. The smallest absolute Gasteiger partial charge is 0.326 e. The topological polar surface area (TPSA) is 175 Å². The van der Waals surface area contributed by atoms with Gasteiger partial charge in [0.15, 0.2) is 0 Å². The molecule has 0 aliphatic carbocycles. The van der Waals surface area contributed by atoms with Gasteiger partial charge in [-0.25, -0.2) is 17.9 Å². The van der Waals surface area contributed by atoms with E-state index in [9.17, 15) is 27.9 Å². The van der Waals surface area contributed by atoms with Crippen LogP contribution in [-0.4, -0.2) is 59.9 Å². The summed E-state index contributed by atoms with van der Waals surface area (Å²) < 4.78 is 32.7. The number of carbonyl (C=O) groups is 3. The Morgan fingerprint density at radius 2 is 1.91 bits per heavy atom. The van der Waals surface area contributed by atoms with E-state index >= 15 is 0 Å². The van der Waals surface area contributed by atoms with E-state index in [1.165, 1.54) is 6.92 Å². The summed E-state index contributed by atoms with van der Waals surface area (Å²) >= 11 is 0. The molecule has 12 heteroatoms. The lowest BCUT2D eigenvalue weighted by Crippen LogP contribution is -2.43. The van der Waals surface area contributed by atoms with Gasteiger partial charge < -0.3 is 25.3 Å². The lowest BCUT2D eigenvalue weighted by molar-refractivity contribution is -0.143. The fraction of sp³-hybridized carbons (Fsp3) is 0.476. The number of amides is 1. The highest BCUT2D eigenvalue weighted by Gasteiger charge is 2.27. The van der Waals surface area contributed by atoms with Crippen molar-refractivity contribution in [2.75, 3.05) is 12.4 Å². The molecule has 0 saturated carbocycles. The van der Waals surface area contributed by atoms with Gasteiger partial charge in [0, 0.05) is 29.9 Å². The van der Waals surface area contributed by atoms with Crippen molar-refractivity contribution in [1.29, 1.82) is 0 Å². The van der Waals surface area contributed by atoms with E-state index in [0.29, 0.717) is 28.8 Å². The predicted octanol–water partition coefficient (Wildman–Crippen LogP) is 1.76. The highest BCUT2D eigenvalue weighted by molar-refractivity contribution is 7.89. The Bertz CT molecular complexity index is 1100. The van der Waals surface area contributed by atoms with Gasteiger partial charge in [0.25, 0.3) is 0 Å². The van der Waals surface area contributed by atoms with Gasteiger partial charge in [0.05, 0.1) is 18.4 Å². The van der Waals surface area contributed by atoms with Crippen LogP contribution >= 0.6 is 0 Å². The Balaban J connectivity index is 2.32. The van der Waals surface area contributed by atoms with Crippen LogP contribution in [0.1, 0.15) is 51.1 Å². The standard InChI is InChI=1S/C21H29N3O8S/c1-3-9-32-13-5-6-16-14(10-13)15(12-22-16)18(24-33(30,31)4-2)11-19(25)23-17(21(28)29)7-8-20(26)27/h5-6,10,12,17-18,22,24H,3-4,7-9,11H2,1-2H3,(H,23,25)(H,26,27)(H,28,29). The molecule has 2 rings (SSSR count). The van der Waals surface area contributed by atoms with Crippen LogP contribution in [0.5, 0.6) is 5.75 Å². The molecule has 0 aliphatic rings. The zero-order valence-corrected chi connectivity index (χ0v) is 19.3. The SMILES string of the molecule is CCCOc1ccc2[nH]cc(C(CC(=O)NC(CCC(=O)O)C(=O)O)NS(=O)(=O)CC)c2c1. The lowest BCUT2D eigenvalue weighted by Gasteiger charge is -2.20. The fourth-order valence-electron chi connectivity index (χ4n) is 3.20. The number of hydrogen-bond donors (Lipinski definition) is 5. The van der Waals surface area contributed by atoms with E-state index in [1.54, 1.807) is 24.4 Å². The third-order valence-electron chi connectivity index (χ3n) is 4.91. The van der Waals surface area contributed by atoms with Crippen molar-refractivity contribution in [2.45, 2.75) is 51.6 Å². The first kappa shape index (κ1) is 26.1. The highest BCUT2D eigenvalue weighted by atomic mass is 32.2. The molecule has 0 saturated heterocycles. The van der Waals surface area contributed by atoms with Crippen molar-refractivity contribution in [3.63, 3.8) is 0 Å². The largest absolute Gasteiger partial charge is 0.494 e. The summed E-state index contributed by atoms with van der Waals surface area (Å²) in [6.45, 7) is 3.93. The van der Waals surface area contributed by atoms with Gasteiger partial charge in [0.2, 0.25) is 15.9 Å². The third-order valence-corrected chi connectivity index (χ3v) is 6.31. The minimum atomic E-state index is -3.72. The number of H-pyrrole nitrogens is 1. The second-order valence-corrected chi connectivity index (χ2v) is 9.51. The normalized spacial score (nSPS) is 13.4. The molecule has 0 radical (unpaired) electrons. The van der Waals surface area contributed by atoms with Crippen molar-refractivity contribution in [2.24, 2.45) is 0 Å². The molecule has 2 atom stereocenters. The zero-order valence-electron chi connectivity index (χ0n) is 18.5. The number of carbonyl (C=O) groups excluding carboxylic acids is 1. The highest BCUT2D eigenvalue weighted by Crippen LogP contribution is 2.30. The van der Waals surface area contributed by atoms with E-state index in [1.807, 2.05) is 6.92 Å². The fourth-order valence-corrected chi connectivity index (χ4v) is 4.01. The monoisotopic (exact) mass is 483 g/mol. The Labute approximate surface area is 191 Å². The Morgan fingerprint density at radius 3 is 2.52 bits per heavy atom. The van der Waals surface area contributed by atoms with Gasteiger partial charge >= 0.3 is 11.9 Å². The number of sulfonamides is 1. The Hall–Kier alpha value is -3.12. The molecule has 1 heterocycles. The van der Waals surface area contributed by atoms with Crippen LogP contribution in [0.4, 0.5) is 0 Å². The average molecular weight is 484 g/mol. The zero-order chi connectivity index (χ0) is 24.6. The molecule has 1 aromatic heterocycles. The second-order valence-electron chi connectivity index (χ2n) is 7.47. The molecular weight excluding hydrogens is 454 g/mol. The van der Waals surface area contributed by atoms with Crippen LogP contribution in [0.15, 0.2) is 24.4 Å². The first-order chi connectivity index (χ1) is 15.6. The van der Waals surface area contributed by atoms with Crippen LogP contribution in [0.2, 0.25) is 0 Å². The quantitative estimate of drug-likeness (QED) is 0.270. The molecule has 5 N–H and O–H groups in total. The van der Waals surface area contributed by atoms with Gasteiger partial charge in [0.1, 0.15) is 11.8 Å². The molecule has 182 valence electrons. The molecule has 1 aromatic carbocycles. The van der Waals surface area contributed by atoms with Crippen LogP contribution in [0, 0.1) is 0 Å². The summed E-state index contributed by atoms with van der Waals surface area (Å²) in [7, 11) is -3.72. The molecule has 2 unspecified atom stereocenters. The number of carboxylic acids is 2. The molecular formula is C21H29N3O8S. The minimum absolute atomic E-state index is 0.214. The van der Waals surface area contributed by atoms with Gasteiger partial charge in [-0.3, -0.25) is 9.59 Å². The molecule has 2 aromatic rings. The number of nitrogens with one attached hydrogen (secondary N) is 3. The molecule has 11 nitrogen and oxygen atoms in total. The number of rotatable bonds is 14. The molecule has 1 amide bonds. The number of ether oxygens (including phenoxy) is 1. The van der Waals surface area contributed by atoms with Crippen LogP contribution < -0.4 is 14.8 Å². The van der Waals surface area contributed by atoms with Gasteiger partial charge in [-0.15, -0.1) is 0 Å². The average Bonchev–Trinajstić information content (AvgIpc) is 3.17. The van der Waals surface area contributed by atoms with Crippen molar-refractivity contribution >= 4 is 38.8 Å². The van der Waals surface area contributed by atoms with Gasteiger partial charge in [-0.05, 0) is 43.5 Å². The van der Waals surface area contributed by atoms with Crippen molar-refractivity contribution in [3.8, 4) is 5.75 Å². The van der Waals surface area contributed by atoms with E-state index in [0.717, 1.165) is 6.42 Å². The minimum Gasteiger partial charge on any atom is -0.494 e. The van der Waals surface area contributed by atoms with E-state index in [2.05, 4.69) is 15.0 Å². The summed E-state index contributed by atoms with van der Waals surface area (Å²) in [5.74, 6) is -2.92. The van der Waals surface area contributed by atoms with E-state index < -0.39 is 46.4 Å². The maximum absolute atomic E-state index is 12.6. The summed E-state index contributed by atoms with van der Waals surface area (Å²) in [6, 6.07) is 2.90. The van der Waals surface area contributed by atoms with Crippen LogP contribution in [0.3, 0.4) is 0 Å². The first-order valence-electron chi connectivity index (χ1n) is 10.5. The molecule has 0 aliphatic heterocycles. The Kier molecular flexibility index (Phi) is 9.23. The summed E-state index contributed by atoms with van der Waals surface area (Å²) in [5.41, 5.74) is 1.20. The summed E-state index contributed by atoms with van der Waals surface area (Å²) in [5, 5.41) is 21.0. The summed E-state index contributed by atoms with van der Waals surface area (Å²) in [4.78, 5) is 37.8. The van der Waals surface area contributed by atoms with Gasteiger partial charge in [-0.1, -0.05) is 6.92 Å². The van der Waals surface area contributed by atoms with Crippen LogP contribution in [-0.2, 0) is 24.4 Å². The molecule has 0 bridgehead atoms. The predicted molar refractivity (Wildman–Crippen MR) is 120 cm³/mol. The van der Waals surface area contributed by atoms with E-state index in [4.69, 9.17) is 9.84 Å². The lowest BCUT2D eigenvalue weighted by atomic mass is 10.0. The number of aromatic nitrogens is 1. The number of fused-ring (bicyclic) bond motifs is 1. The van der Waals surface area contributed by atoms with Crippen molar-refractivity contribution in [1.82, 2.24) is 15.0 Å². The number of aliphatic carboxylic acids is 2. The summed E-state index contributed by atoms with van der Waals surface area (Å²) in [6.07, 6.45) is 1.27. The molecule has 0 spiro atoms. The van der Waals surface area contributed by atoms with E-state index in [-0.39, 0.29) is 18.6 Å². The Morgan fingerprint density at radius 1 is 1.18 bits per heavy atom. The molecule has 33 heavy (non-hydrogen) atoms. The van der Waals surface area contributed by atoms with Crippen molar-refractivity contribution in [3.05, 3.63) is 30.0 Å². The number of aromatic amines is 1. The van der Waals surface area contributed by atoms with Crippen molar-refractivity contribution < 1.29 is 37.8 Å².